The maximum atomic E-state index is 12.8. The second-order valence-corrected chi connectivity index (χ2v) is 8.39. The first kappa shape index (κ1) is 26.7. The molecule has 1 N–H and O–H groups in total. The molecule has 1 fully saturated rings. The van der Waals surface area contributed by atoms with Crippen molar-refractivity contribution in [2.45, 2.75) is 39.5 Å². The lowest BCUT2D eigenvalue weighted by molar-refractivity contribution is -0.121. The Morgan fingerprint density at radius 3 is 2.64 bits per heavy atom. The number of hydrogen-bond acceptors (Lipinski definition) is 8. The van der Waals surface area contributed by atoms with Crippen LogP contribution in [0.5, 0.6) is 0 Å². The minimum atomic E-state index is -0.00943. The third kappa shape index (κ3) is 7.77. The van der Waals surface area contributed by atoms with Crippen LogP contribution in [-0.4, -0.2) is 49.9 Å². The number of nitrogens with one attached hydrogen (secondary N) is 1. The number of carbonyl (C=O) groups excluding carboxylic acids is 2. The third-order valence-corrected chi connectivity index (χ3v) is 6.35. The zero-order valence-corrected chi connectivity index (χ0v) is 20.5. The molecule has 3 rings (SSSR count). The number of Topliss-reactive ketones (excluding diaryl/α,β-unsaturated/α-hetero) is 1. The molecule has 33 heavy (non-hydrogen) atoms. The predicted molar refractivity (Wildman–Crippen MR) is 134 cm³/mol. The Balaban J connectivity index is 0.000000273. The fourth-order valence-electron chi connectivity index (χ4n) is 3.47. The van der Waals surface area contributed by atoms with E-state index in [1.165, 1.54) is 17.3 Å². The minimum Gasteiger partial charge on any atom is -0.463 e. The van der Waals surface area contributed by atoms with Gasteiger partial charge in [-0.3, -0.25) is 19.6 Å². The summed E-state index contributed by atoms with van der Waals surface area (Å²) in [6.45, 7) is 9.01. The van der Waals surface area contributed by atoms with Gasteiger partial charge in [-0.25, -0.2) is 0 Å². The van der Waals surface area contributed by atoms with Crippen molar-refractivity contribution >= 4 is 36.2 Å². The Morgan fingerprint density at radius 2 is 2.09 bits per heavy atom. The summed E-state index contributed by atoms with van der Waals surface area (Å²) in [4.78, 5) is 32.1. The average molecular weight is 472 g/mol. The van der Waals surface area contributed by atoms with Crippen LogP contribution in [0.1, 0.15) is 54.1 Å². The molecule has 7 nitrogen and oxygen atoms in total. The standard InChI is InChI=1S/C15H20N2O3S.C10H13NO/c1-16-10-21-15(13(17-2)12-4-3-7-20-12)14(18)11-5-8-19-9-6-11;1-3-9-5-8(7-12)6-11-10(9)4-2/h3-4,7,11,16H,2,5-6,8-10H2,1H3;5-7H,3-4H2,1-2H3/b15-13-;. The zero-order valence-electron chi connectivity index (χ0n) is 19.6. The molecule has 0 spiro atoms. The lowest BCUT2D eigenvalue weighted by Crippen LogP contribution is -2.25. The number of ether oxygens (including phenoxy) is 1. The molecule has 0 unspecified atom stereocenters. The number of aryl methyl sites for hydroxylation is 2. The van der Waals surface area contributed by atoms with Gasteiger partial charge in [-0.1, -0.05) is 13.8 Å². The molecule has 2 aromatic heterocycles. The Labute approximate surface area is 200 Å². The first-order valence-electron chi connectivity index (χ1n) is 11.2. The molecule has 1 aliphatic heterocycles. The number of aliphatic imine (C=N–C) groups is 1. The molecule has 0 amide bonds. The number of hydrogen-bond donors (Lipinski definition) is 1. The van der Waals surface area contributed by atoms with Crippen molar-refractivity contribution in [3.05, 3.63) is 58.1 Å². The molecule has 0 saturated carbocycles. The number of furan rings is 1. The van der Waals surface area contributed by atoms with Crippen LogP contribution in [-0.2, 0) is 22.4 Å². The van der Waals surface area contributed by atoms with Crippen LogP contribution in [0.2, 0.25) is 0 Å². The van der Waals surface area contributed by atoms with E-state index in [-0.39, 0.29) is 11.7 Å². The van der Waals surface area contributed by atoms with E-state index >= 15 is 0 Å². The van der Waals surface area contributed by atoms with Crippen molar-refractivity contribution in [2.24, 2.45) is 10.9 Å². The first-order chi connectivity index (χ1) is 16.1. The zero-order chi connectivity index (χ0) is 24.1. The van der Waals surface area contributed by atoms with Gasteiger partial charge in [0.15, 0.2) is 17.8 Å². The number of ketones is 1. The molecule has 8 heteroatoms. The summed E-state index contributed by atoms with van der Waals surface area (Å²) >= 11 is 1.44. The molecule has 178 valence electrons. The normalized spacial score (nSPS) is 14.6. The summed E-state index contributed by atoms with van der Waals surface area (Å²) in [5.74, 6) is 1.30. The number of allylic oxidation sites excluding steroid dienone is 1. The second kappa shape index (κ2) is 14.6. The van der Waals surface area contributed by atoms with Crippen LogP contribution in [0.3, 0.4) is 0 Å². The Kier molecular flexibility index (Phi) is 11.8. The molecule has 0 radical (unpaired) electrons. The topological polar surface area (TPSA) is 93.8 Å². The van der Waals surface area contributed by atoms with Gasteiger partial charge in [-0.15, -0.1) is 11.8 Å². The summed E-state index contributed by atoms with van der Waals surface area (Å²) < 4.78 is 10.7. The highest BCUT2D eigenvalue weighted by atomic mass is 32.2. The first-order valence-corrected chi connectivity index (χ1v) is 12.1. The van der Waals surface area contributed by atoms with E-state index in [2.05, 4.69) is 35.9 Å². The highest BCUT2D eigenvalue weighted by Gasteiger charge is 2.28. The van der Waals surface area contributed by atoms with Gasteiger partial charge in [0.05, 0.1) is 11.2 Å². The van der Waals surface area contributed by atoms with Crippen LogP contribution >= 0.6 is 11.8 Å². The Hall–Kier alpha value is -2.55. The van der Waals surface area contributed by atoms with Crippen LogP contribution in [0, 0.1) is 5.92 Å². The maximum Gasteiger partial charge on any atom is 0.174 e. The van der Waals surface area contributed by atoms with Gasteiger partial charge in [0.2, 0.25) is 0 Å². The lowest BCUT2D eigenvalue weighted by Gasteiger charge is -2.22. The van der Waals surface area contributed by atoms with E-state index in [0.717, 1.165) is 37.7 Å². The van der Waals surface area contributed by atoms with E-state index < -0.39 is 0 Å². The van der Waals surface area contributed by atoms with Gasteiger partial charge in [0.1, 0.15) is 5.70 Å². The van der Waals surface area contributed by atoms with Gasteiger partial charge in [0, 0.05) is 42.5 Å². The molecule has 1 saturated heterocycles. The predicted octanol–water partition coefficient (Wildman–Crippen LogP) is 4.57. The number of aromatic nitrogens is 1. The average Bonchev–Trinajstić information content (AvgIpc) is 3.41. The minimum absolute atomic E-state index is 0.00943. The van der Waals surface area contributed by atoms with Gasteiger partial charge in [-0.2, -0.15) is 0 Å². The molecule has 0 atom stereocenters. The molecule has 2 aromatic rings. The number of rotatable bonds is 10. The molecule has 3 heterocycles. The van der Waals surface area contributed by atoms with Gasteiger partial charge < -0.3 is 14.5 Å². The van der Waals surface area contributed by atoms with Crippen molar-refractivity contribution in [2.75, 3.05) is 26.1 Å². The van der Waals surface area contributed by atoms with Crippen LogP contribution in [0.15, 0.2) is 45.0 Å². The second-order valence-electron chi connectivity index (χ2n) is 7.41. The van der Waals surface area contributed by atoms with Crippen LogP contribution < -0.4 is 5.32 Å². The largest absolute Gasteiger partial charge is 0.463 e. The third-order valence-electron chi connectivity index (χ3n) is 5.24. The highest BCUT2D eigenvalue weighted by Crippen LogP contribution is 2.33. The molecular formula is C25H33N3O4S. The summed E-state index contributed by atoms with van der Waals surface area (Å²) in [6.07, 6.45) is 7.42. The SMILES string of the molecule is C=N/C(=C(\SCNC)C(=O)C1CCOCC1)c1ccco1.CCc1cc(C=O)cnc1CC. The van der Waals surface area contributed by atoms with E-state index in [1.807, 2.05) is 13.1 Å². The van der Waals surface area contributed by atoms with Gasteiger partial charge >= 0.3 is 0 Å². The summed E-state index contributed by atoms with van der Waals surface area (Å²) in [5, 5.41) is 3.04. The smallest absolute Gasteiger partial charge is 0.174 e. The van der Waals surface area contributed by atoms with E-state index in [1.54, 1.807) is 24.6 Å². The summed E-state index contributed by atoms with van der Waals surface area (Å²) in [7, 11) is 1.84. The lowest BCUT2D eigenvalue weighted by atomic mass is 9.94. The molecule has 1 aliphatic rings. The van der Waals surface area contributed by atoms with Crippen molar-refractivity contribution in [1.82, 2.24) is 10.3 Å². The number of carbonyl (C=O) groups is 2. The molecule has 0 aliphatic carbocycles. The number of nitrogens with zero attached hydrogens (tertiary/aromatic N) is 2. The van der Waals surface area contributed by atoms with Crippen molar-refractivity contribution in [3.8, 4) is 0 Å². The van der Waals surface area contributed by atoms with E-state index in [4.69, 9.17) is 9.15 Å². The highest BCUT2D eigenvalue weighted by molar-refractivity contribution is 8.04. The molecular weight excluding hydrogens is 438 g/mol. The summed E-state index contributed by atoms with van der Waals surface area (Å²) in [6, 6.07) is 5.49. The fourth-order valence-corrected chi connectivity index (χ4v) is 4.37. The van der Waals surface area contributed by atoms with E-state index in [9.17, 15) is 9.59 Å². The van der Waals surface area contributed by atoms with Crippen LogP contribution in [0.25, 0.3) is 5.70 Å². The number of aldehydes is 1. The van der Waals surface area contributed by atoms with Crippen molar-refractivity contribution in [3.63, 3.8) is 0 Å². The van der Waals surface area contributed by atoms with Crippen molar-refractivity contribution < 1.29 is 18.7 Å². The van der Waals surface area contributed by atoms with Gasteiger partial charge in [0.25, 0.3) is 0 Å². The number of pyridine rings is 1. The monoisotopic (exact) mass is 471 g/mol. The number of thioether (sulfide) groups is 1. The maximum absolute atomic E-state index is 12.8. The Morgan fingerprint density at radius 1 is 1.33 bits per heavy atom. The quantitative estimate of drug-likeness (QED) is 0.235. The molecule has 0 bridgehead atoms. The Bertz CT molecular complexity index is 935. The van der Waals surface area contributed by atoms with E-state index in [0.29, 0.717) is 41.0 Å². The molecule has 0 aromatic carbocycles. The summed E-state index contributed by atoms with van der Waals surface area (Å²) in [5.41, 5.74) is 3.48. The van der Waals surface area contributed by atoms with Crippen molar-refractivity contribution in [1.29, 1.82) is 0 Å². The fraction of sp³-hybridized carbons (Fsp3) is 0.440. The van der Waals surface area contributed by atoms with Gasteiger partial charge in [-0.05, 0) is 63.2 Å². The van der Waals surface area contributed by atoms with Crippen LogP contribution in [0.4, 0.5) is 0 Å².